The molecule has 1 saturated heterocycles. The van der Waals surface area contributed by atoms with Crippen LogP contribution in [-0.4, -0.2) is 19.0 Å². The van der Waals surface area contributed by atoms with Crippen LogP contribution in [0.25, 0.3) is 0 Å². The Kier molecular flexibility index (Phi) is 10.1. The van der Waals surface area contributed by atoms with Crippen molar-refractivity contribution in [3.05, 3.63) is 11.6 Å². The molecule has 24 heavy (non-hydrogen) atoms. The predicted octanol–water partition coefficient (Wildman–Crippen LogP) is 6.93. The second-order valence-electron chi connectivity index (χ2n) is 7.81. The lowest BCUT2D eigenvalue weighted by molar-refractivity contribution is -0.161. The Morgan fingerprint density at radius 1 is 0.792 bits per heavy atom. The van der Waals surface area contributed by atoms with Crippen LogP contribution in [-0.2, 0) is 9.47 Å². The minimum atomic E-state index is -0.236. The van der Waals surface area contributed by atoms with Gasteiger partial charge in [-0.05, 0) is 19.3 Å². The third kappa shape index (κ3) is 7.70. The number of ether oxygens (including phenoxy) is 2. The molecule has 0 saturated carbocycles. The van der Waals surface area contributed by atoms with Gasteiger partial charge in [-0.2, -0.15) is 0 Å². The first kappa shape index (κ1) is 20.0. The van der Waals surface area contributed by atoms with Crippen molar-refractivity contribution in [2.45, 2.75) is 115 Å². The molecule has 0 aromatic heterocycles. The molecule has 0 unspecified atom stereocenters. The van der Waals surface area contributed by atoms with Crippen molar-refractivity contribution in [3.63, 3.8) is 0 Å². The molecular weight excluding hydrogens is 296 g/mol. The molecule has 0 atom stereocenters. The Bertz CT molecular complexity index is 342. The van der Waals surface area contributed by atoms with Crippen molar-refractivity contribution in [2.75, 3.05) is 13.2 Å². The molecule has 1 aliphatic heterocycles. The smallest absolute Gasteiger partial charge is 0.172 e. The molecule has 2 rings (SSSR count). The average Bonchev–Trinajstić information content (AvgIpc) is 3.06. The van der Waals surface area contributed by atoms with Gasteiger partial charge in [-0.25, -0.2) is 0 Å². The lowest BCUT2D eigenvalue weighted by Crippen LogP contribution is -2.31. The Balaban J connectivity index is 1.36. The highest BCUT2D eigenvalue weighted by Crippen LogP contribution is 2.36. The molecule has 0 aromatic carbocycles. The van der Waals surface area contributed by atoms with E-state index in [-0.39, 0.29) is 5.79 Å². The summed E-state index contributed by atoms with van der Waals surface area (Å²) in [5.41, 5.74) is 1.65. The van der Waals surface area contributed by atoms with E-state index in [1.54, 1.807) is 5.57 Å². The van der Waals surface area contributed by atoms with Crippen LogP contribution in [0.1, 0.15) is 110 Å². The first-order valence-corrected chi connectivity index (χ1v) is 10.8. The number of rotatable bonds is 13. The third-order valence-electron chi connectivity index (χ3n) is 5.69. The first-order chi connectivity index (χ1) is 11.8. The molecule has 0 aromatic rings. The molecule has 140 valence electrons. The monoisotopic (exact) mass is 336 g/mol. The van der Waals surface area contributed by atoms with Crippen molar-refractivity contribution < 1.29 is 9.47 Å². The molecule has 2 aliphatic rings. The second-order valence-corrected chi connectivity index (χ2v) is 7.81. The van der Waals surface area contributed by atoms with Gasteiger partial charge in [-0.3, -0.25) is 0 Å². The lowest BCUT2D eigenvalue weighted by Gasteiger charge is -2.30. The zero-order chi connectivity index (χ0) is 16.9. The van der Waals surface area contributed by atoms with E-state index in [4.69, 9.17) is 9.47 Å². The molecule has 2 heteroatoms. The van der Waals surface area contributed by atoms with E-state index in [1.165, 1.54) is 89.9 Å². The van der Waals surface area contributed by atoms with Gasteiger partial charge in [0.1, 0.15) is 0 Å². The summed E-state index contributed by atoms with van der Waals surface area (Å²) in [6.45, 7) is 3.85. The van der Waals surface area contributed by atoms with E-state index in [9.17, 15) is 0 Å². The summed E-state index contributed by atoms with van der Waals surface area (Å²) >= 11 is 0. The van der Waals surface area contributed by atoms with Gasteiger partial charge < -0.3 is 9.47 Å². The molecular formula is C22H40O2. The van der Waals surface area contributed by atoms with E-state index >= 15 is 0 Å². The SMILES string of the molecule is CCCCCCCCCCCCCCC1=CCC2(CC1)OCCO2. The topological polar surface area (TPSA) is 18.5 Å². The number of hydrogen-bond acceptors (Lipinski definition) is 2. The van der Waals surface area contributed by atoms with Crippen LogP contribution in [0.3, 0.4) is 0 Å². The normalized spacial score (nSPS) is 19.8. The van der Waals surface area contributed by atoms with Crippen LogP contribution >= 0.6 is 0 Å². The van der Waals surface area contributed by atoms with Crippen LogP contribution in [0.15, 0.2) is 11.6 Å². The van der Waals surface area contributed by atoms with Crippen molar-refractivity contribution in [1.29, 1.82) is 0 Å². The van der Waals surface area contributed by atoms with Crippen molar-refractivity contribution >= 4 is 0 Å². The van der Waals surface area contributed by atoms with Crippen molar-refractivity contribution in [1.82, 2.24) is 0 Å². The molecule has 1 spiro atoms. The van der Waals surface area contributed by atoms with Gasteiger partial charge in [0.15, 0.2) is 5.79 Å². The molecule has 1 fully saturated rings. The van der Waals surface area contributed by atoms with E-state index in [0.717, 1.165) is 26.1 Å². The largest absolute Gasteiger partial charge is 0.347 e. The Hall–Kier alpha value is -0.340. The highest BCUT2D eigenvalue weighted by atomic mass is 16.7. The molecule has 0 radical (unpaired) electrons. The molecule has 1 heterocycles. The van der Waals surface area contributed by atoms with Crippen molar-refractivity contribution in [2.24, 2.45) is 0 Å². The Morgan fingerprint density at radius 2 is 1.33 bits per heavy atom. The van der Waals surface area contributed by atoms with Gasteiger partial charge in [-0.1, -0.05) is 89.2 Å². The average molecular weight is 337 g/mol. The summed E-state index contributed by atoms with van der Waals surface area (Å²) in [6.07, 6.45) is 24.1. The van der Waals surface area contributed by atoms with Gasteiger partial charge in [0.2, 0.25) is 0 Å². The number of unbranched alkanes of at least 4 members (excludes halogenated alkanes) is 11. The standard InChI is InChI=1S/C22H40O2/c1-2-3-4-5-6-7-8-9-10-11-12-13-14-21-15-17-22(18-16-21)23-19-20-24-22/h15H,2-14,16-20H2,1H3. The summed E-state index contributed by atoms with van der Waals surface area (Å²) in [4.78, 5) is 0. The summed E-state index contributed by atoms with van der Waals surface area (Å²) in [5, 5.41) is 0. The third-order valence-corrected chi connectivity index (χ3v) is 5.69. The molecule has 0 amide bonds. The fourth-order valence-corrected chi connectivity index (χ4v) is 4.03. The molecule has 0 bridgehead atoms. The Labute approximate surface area is 150 Å². The maximum Gasteiger partial charge on any atom is 0.172 e. The van der Waals surface area contributed by atoms with Gasteiger partial charge in [-0.15, -0.1) is 0 Å². The van der Waals surface area contributed by atoms with Gasteiger partial charge in [0.05, 0.1) is 13.2 Å². The van der Waals surface area contributed by atoms with E-state index < -0.39 is 0 Å². The Morgan fingerprint density at radius 3 is 1.83 bits per heavy atom. The second kappa shape index (κ2) is 12.1. The van der Waals surface area contributed by atoms with Gasteiger partial charge >= 0.3 is 0 Å². The summed E-state index contributed by atoms with van der Waals surface area (Å²) < 4.78 is 11.6. The van der Waals surface area contributed by atoms with E-state index in [1.807, 2.05) is 0 Å². The lowest BCUT2D eigenvalue weighted by atomic mass is 9.91. The van der Waals surface area contributed by atoms with E-state index in [2.05, 4.69) is 13.0 Å². The molecule has 1 aliphatic carbocycles. The summed E-state index contributed by atoms with van der Waals surface area (Å²) in [6, 6.07) is 0. The summed E-state index contributed by atoms with van der Waals surface area (Å²) in [5.74, 6) is -0.236. The van der Waals surface area contributed by atoms with Crippen molar-refractivity contribution in [3.8, 4) is 0 Å². The van der Waals surface area contributed by atoms with Gasteiger partial charge in [0.25, 0.3) is 0 Å². The first-order valence-electron chi connectivity index (χ1n) is 10.8. The van der Waals surface area contributed by atoms with Crippen LogP contribution in [0, 0.1) is 0 Å². The zero-order valence-corrected chi connectivity index (χ0v) is 16.1. The maximum absolute atomic E-state index is 5.78. The zero-order valence-electron chi connectivity index (χ0n) is 16.1. The molecule has 2 nitrogen and oxygen atoms in total. The fourth-order valence-electron chi connectivity index (χ4n) is 4.03. The highest BCUT2D eigenvalue weighted by Gasteiger charge is 2.37. The maximum atomic E-state index is 5.78. The minimum absolute atomic E-state index is 0.236. The quantitative estimate of drug-likeness (QED) is 0.268. The predicted molar refractivity (Wildman–Crippen MR) is 102 cm³/mol. The van der Waals surface area contributed by atoms with Crippen LogP contribution in [0.2, 0.25) is 0 Å². The number of allylic oxidation sites excluding steroid dienone is 1. The highest BCUT2D eigenvalue weighted by molar-refractivity contribution is 5.09. The molecule has 0 N–H and O–H groups in total. The minimum Gasteiger partial charge on any atom is -0.347 e. The van der Waals surface area contributed by atoms with Gasteiger partial charge in [0, 0.05) is 12.8 Å². The van der Waals surface area contributed by atoms with E-state index in [0.29, 0.717) is 0 Å². The summed E-state index contributed by atoms with van der Waals surface area (Å²) in [7, 11) is 0. The van der Waals surface area contributed by atoms with Crippen LogP contribution in [0.4, 0.5) is 0 Å². The van der Waals surface area contributed by atoms with Crippen LogP contribution < -0.4 is 0 Å². The number of hydrogen-bond donors (Lipinski definition) is 0. The van der Waals surface area contributed by atoms with Crippen LogP contribution in [0.5, 0.6) is 0 Å². The fraction of sp³-hybridized carbons (Fsp3) is 0.909.